The van der Waals surface area contributed by atoms with Crippen LogP contribution >= 0.6 is 0 Å². The number of hydrogen-bond donors (Lipinski definition) is 3. The van der Waals surface area contributed by atoms with Gasteiger partial charge in [-0.1, -0.05) is 19.3 Å². The zero-order chi connectivity index (χ0) is 21.5. The van der Waals surface area contributed by atoms with Gasteiger partial charge in [0.1, 0.15) is 17.6 Å². The molecule has 2 aliphatic heterocycles. The molecule has 4 rings (SSSR count). The molecule has 3 aliphatic rings. The lowest BCUT2D eigenvalue weighted by Gasteiger charge is -2.40. The van der Waals surface area contributed by atoms with Crippen molar-refractivity contribution in [2.45, 2.75) is 68.7 Å². The number of aliphatic imine (C=N–C) groups is 1. The van der Waals surface area contributed by atoms with Gasteiger partial charge in [0.05, 0.1) is 17.8 Å². The third-order valence-corrected chi connectivity index (χ3v) is 6.33. The first-order valence-corrected chi connectivity index (χ1v) is 10.3. The standard InChI is InChI=1S/C19H27F4N7/c20-15-11-29(13-4-2-1-3-5-13)7-6-16(15)30-10-12(8-27-30)19(25)26-9-14(17(24)28-19)18(21,22)23/h8-10,13,15-16,26H,1-7,11,25H2,(H2,24,28)/t15-,16-,19?/m1/s1. The van der Waals surface area contributed by atoms with Crippen LogP contribution in [0.4, 0.5) is 17.6 Å². The average Bonchev–Trinajstić information content (AvgIpc) is 3.18. The van der Waals surface area contributed by atoms with E-state index >= 15 is 0 Å². The molecule has 2 fully saturated rings. The van der Waals surface area contributed by atoms with Crippen molar-refractivity contribution in [3.05, 3.63) is 29.7 Å². The topological polar surface area (TPSA) is 97.5 Å². The lowest BCUT2D eigenvalue weighted by Crippen LogP contribution is -2.51. The second-order valence-corrected chi connectivity index (χ2v) is 8.33. The van der Waals surface area contributed by atoms with E-state index in [4.69, 9.17) is 11.5 Å². The minimum Gasteiger partial charge on any atom is -0.383 e. The predicted molar refractivity (Wildman–Crippen MR) is 104 cm³/mol. The fraction of sp³-hybridized carbons (Fsp3) is 0.684. The molecule has 0 aromatic carbocycles. The summed E-state index contributed by atoms with van der Waals surface area (Å²) in [7, 11) is 0. The van der Waals surface area contributed by atoms with Crippen LogP contribution in [0.1, 0.15) is 50.1 Å². The minimum atomic E-state index is -4.64. The molecule has 30 heavy (non-hydrogen) atoms. The molecule has 11 heteroatoms. The van der Waals surface area contributed by atoms with Crippen LogP contribution in [0.25, 0.3) is 0 Å². The maximum Gasteiger partial charge on any atom is 0.421 e. The van der Waals surface area contributed by atoms with E-state index in [1.54, 1.807) is 0 Å². The number of amidine groups is 1. The summed E-state index contributed by atoms with van der Waals surface area (Å²) >= 11 is 0. The van der Waals surface area contributed by atoms with Crippen molar-refractivity contribution in [1.29, 1.82) is 0 Å². The van der Waals surface area contributed by atoms with Crippen LogP contribution in [0, 0.1) is 0 Å². The van der Waals surface area contributed by atoms with Crippen LogP contribution in [0.15, 0.2) is 29.2 Å². The summed E-state index contributed by atoms with van der Waals surface area (Å²) in [5, 5.41) is 6.68. The Morgan fingerprint density at radius 3 is 2.53 bits per heavy atom. The van der Waals surface area contributed by atoms with Gasteiger partial charge in [-0.3, -0.25) is 15.3 Å². The highest BCUT2D eigenvalue weighted by molar-refractivity contribution is 5.99. The summed E-state index contributed by atoms with van der Waals surface area (Å²) in [6.45, 7) is 1.15. The molecule has 0 radical (unpaired) electrons. The van der Waals surface area contributed by atoms with Gasteiger partial charge in [0.15, 0.2) is 0 Å². The van der Waals surface area contributed by atoms with Crippen LogP contribution in [-0.2, 0) is 5.79 Å². The van der Waals surface area contributed by atoms with Gasteiger partial charge in [-0.2, -0.15) is 18.3 Å². The van der Waals surface area contributed by atoms with Crippen LogP contribution in [0.3, 0.4) is 0 Å². The van der Waals surface area contributed by atoms with Gasteiger partial charge in [-0.15, -0.1) is 0 Å². The first-order valence-electron chi connectivity index (χ1n) is 10.3. The number of alkyl halides is 4. The molecular formula is C19H27F4N7. The average molecular weight is 429 g/mol. The first-order chi connectivity index (χ1) is 14.2. The molecule has 1 aromatic rings. The zero-order valence-electron chi connectivity index (χ0n) is 16.6. The monoisotopic (exact) mass is 429 g/mol. The summed E-state index contributed by atoms with van der Waals surface area (Å²) in [4.78, 5) is 6.04. The van der Waals surface area contributed by atoms with E-state index in [0.717, 1.165) is 19.4 Å². The Morgan fingerprint density at radius 1 is 1.17 bits per heavy atom. The van der Waals surface area contributed by atoms with Gasteiger partial charge in [0, 0.05) is 31.5 Å². The Hall–Kier alpha value is -2.14. The van der Waals surface area contributed by atoms with E-state index in [1.165, 1.54) is 36.3 Å². The summed E-state index contributed by atoms with van der Waals surface area (Å²) < 4.78 is 55.3. The summed E-state index contributed by atoms with van der Waals surface area (Å²) in [6.07, 6.45) is 4.40. The normalized spacial score (nSPS) is 31.8. The molecule has 7 nitrogen and oxygen atoms in total. The van der Waals surface area contributed by atoms with E-state index in [9.17, 15) is 17.6 Å². The second kappa shape index (κ2) is 7.84. The highest BCUT2D eigenvalue weighted by atomic mass is 19.4. The SMILES string of the molecule is NC1=NC(N)(c2cnn([C@@H]3CCN(C4CCCCC4)C[C@H]3F)c2)NC=C1C(F)(F)F. The molecule has 0 bridgehead atoms. The molecule has 5 N–H and O–H groups in total. The first kappa shape index (κ1) is 21.1. The number of nitrogens with one attached hydrogen (secondary N) is 1. The van der Waals surface area contributed by atoms with E-state index in [-0.39, 0.29) is 0 Å². The Balaban J connectivity index is 1.45. The Morgan fingerprint density at radius 2 is 1.90 bits per heavy atom. The van der Waals surface area contributed by atoms with Gasteiger partial charge < -0.3 is 11.1 Å². The van der Waals surface area contributed by atoms with Crippen molar-refractivity contribution in [3.63, 3.8) is 0 Å². The maximum absolute atomic E-state index is 15.0. The van der Waals surface area contributed by atoms with E-state index in [1.807, 2.05) is 0 Å². The molecule has 3 atom stereocenters. The summed E-state index contributed by atoms with van der Waals surface area (Å²) in [6, 6.07) is 0.00481. The molecule has 1 saturated heterocycles. The molecule has 1 unspecified atom stereocenters. The number of rotatable bonds is 3. The number of piperidine rings is 1. The number of nitrogens with two attached hydrogens (primary N) is 2. The van der Waals surface area contributed by atoms with Crippen molar-refractivity contribution in [2.75, 3.05) is 13.1 Å². The Kier molecular flexibility index (Phi) is 5.52. The van der Waals surface area contributed by atoms with Gasteiger partial charge in [0.25, 0.3) is 0 Å². The summed E-state index contributed by atoms with van der Waals surface area (Å²) in [5.41, 5.74) is 10.8. The quantitative estimate of drug-likeness (QED) is 0.641. The number of likely N-dealkylation sites (tertiary alicyclic amines) is 1. The molecule has 166 valence electrons. The predicted octanol–water partition coefficient (Wildman–Crippen LogP) is 2.28. The number of aromatic nitrogens is 2. The van der Waals surface area contributed by atoms with Crippen LogP contribution in [0.5, 0.6) is 0 Å². The molecule has 1 aliphatic carbocycles. The van der Waals surface area contributed by atoms with Crippen LogP contribution in [0.2, 0.25) is 0 Å². The lowest BCUT2D eigenvalue weighted by atomic mass is 9.91. The Bertz CT molecular complexity index is 827. The third-order valence-electron chi connectivity index (χ3n) is 6.33. The number of hydrogen-bond acceptors (Lipinski definition) is 6. The lowest BCUT2D eigenvalue weighted by molar-refractivity contribution is -0.0870. The summed E-state index contributed by atoms with van der Waals surface area (Å²) in [5.74, 6) is -2.40. The fourth-order valence-corrected chi connectivity index (χ4v) is 4.62. The molecule has 0 amide bonds. The Labute approximate surface area is 172 Å². The number of halogens is 4. The molecular weight excluding hydrogens is 402 g/mol. The van der Waals surface area contributed by atoms with E-state index in [0.29, 0.717) is 30.8 Å². The van der Waals surface area contributed by atoms with Crippen molar-refractivity contribution in [1.82, 2.24) is 20.0 Å². The second-order valence-electron chi connectivity index (χ2n) is 8.33. The van der Waals surface area contributed by atoms with Gasteiger partial charge >= 0.3 is 6.18 Å². The van der Waals surface area contributed by atoms with Crippen molar-refractivity contribution in [3.8, 4) is 0 Å². The van der Waals surface area contributed by atoms with E-state index in [2.05, 4.69) is 20.3 Å². The van der Waals surface area contributed by atoms with Gasteiger partial charge in [-0.25, -0.2) is 9.38 Å². The smallest absolute Gasteiger partial charge is 0.383 e. The maximum atomic E-state index is 15.0. The van der Waals surface area contributed by atoms with Crippen molar-refractivity contribution >= 4 is 5.84 Å². The van der Waals surface area contributed by atoms with Crippen molar-refractivity contribution in [2.24, 2.45) is 16.5 Å². The molecule has 1 saturated carbocycles. The molecule has 0 spiro atoms. The van der Waals surface area contributed by atoms with Crippen LogP contribution < -0.4 is 16.8 Å². The largest absolute Gasteiger partial charge is 0.421 e. The van der Waals surface area contributed by atoms with Gasteiger partial charge in [-0.05, 0) is 19.3 Å². The van der Waals surface area contributed by atoms with Crippen LogP contribution in [-0.4, -0.2) is 52.0 Å². The van der Waals surface area contributed by atoms with Crippen molar-refractivity contribution < 1.29 is 17.6 Å². The molecule has 3 heterocycles. The zero-order valence-corrected chi connectivity index (χ0v) is 16.6. The number of nitrogens with zero attached hydrogens (tertiary/aromatic N) is 4. The van der Waals surface area contributed by atoms with Gasteiger partial charge in [0.2, 0.25) is 5.79 Å². The fourth-order valence-electron chi connectivity index (χ4n) is 4.62. The molecule has 1 aromatic heterocycles. The highest BCUT2D eigenvalue weighted by Gasteiger charge is 2.42. The van der Waals surface area contributed by atoms with E-state index < -0.39 is 35.6 Å². The third kappa shape index (κ3) is 4.04. The highest BCUT2D eigenvalue weighted by Crippen LogP contribution is 2.33. The minimum absolute atomic E-state index is 0.310.